The van der Waals surface area contributed by atoms with Crippen LogP contribution in [0.4, 0.5) is 0 Å². The number of likely N-dealkylation sites (tertiary alicyclic amines) is 1. The smallest absolute Gasteiger partial charge is 0.332 e. The summed E-state index contributed by atoms with van der Waals surface area (Å²) in [6.45, 7) is 5.51. The van der Waals surface area contributed by atoms with Gasteiger partial charge in [0.05, 0.1) is 19.6 Å². The molecule has 8 heteroatoms. The Morgan fingerprint density at radius 1 is 1.03 bits per heavy atom. The maximum Gasteiger partial charge on any atom is 0.332 e. The first-order valence-electron chi connectivity index (χ1n) is 9.97. The molecule has 1 aromatic carbocycles. The molecule has 0 saturated carbocycles. The summed E-state index contributed by atoms with van der Waals surface area (Å²) in [6.07, 6.45) is 2.58. The first-order valence-corrected chi connectivity index (χ1v) is 11.0. The van der Waals surface area contributed by atoms with E-state index in [1.54, 1.807) is 23.7 Å². The van der Waals surface area contributed by atoms with Gasteiger partial charge in [-0.05, 0) is 6.92 Å². The molecule has 0 aliphatic carbocycles. The number of hydrogen-bond acceptors (Lipinski definition) is 5. The van der Waals surface area contributed by atoms with Crippen LogP contribution in [0.2, 0.25) is 0 Å². The molecule has 0 spiro atoms. The van der Waals surface area contributed by atoms with Crippen LogP contribution in [0.3, 0.4) is 0 Å². The number of nitrogens with zero attached hydrogens (tertiary/aromatic N) is 4. The number of aromatic nitrogens is 4. The van der Waals surface area contributed by atoms with Gasteiger partial charge in [-0.2, -0.15) is 0 Å². The SMILES string of the molecule is Cc1ccc(-c2nc(SCC[NH+]3CCCC3)c3c(=O)n(C)c(=O)n(C)c3n2)cc1. The van der Waals surface area contributed by atoms with Crippen LogP contribution in [-0.2, 0) is 14.1 Å². The highest BCUT2D eigenvalue weighted by molar-refractivity contribution is 7.99. The van der Waals surface area contributed by atoms with Gasteiger partial charge in [-0.15, -0.1) is 0 Å². The van der Waals surface area contributed by atoms with E-state index in [2.05, 4.69) is 4.98 Å². The van der Waals surface area contributed by atoms with Crippen LogP contribution in [0.25, 0.3) is 22.4 Å². The third kappa shape index (κ3) is 3.86. The van der Waals surface area contributed by atoms with Crippen LogP contribution < -0.4 is 16.1 Å². The molecule has 2 aromatic heterocycles. The minimum atomic E-state index is -0.381. The summed E-state index contributed by atoms with van der Waals surface area (Å²) < 4.78 is 2.57. The van der Waals surface area contributed by atoms with Crippen molar-refractivity contribution in [2.75, 3.05) is 25.4 Å². The van der Waals surface area contributed by atoms with Gasteiger partial charge < -0.3 is 4.90 Å². The van der Waals surface area contributed by atoms with Gasteiger partial charge >= 0.3 is 5.69 Å². The Morgan fingerprint density at radius 3 is 2.41 bits per heavy atom. The molecule has 0 atom stereocenters. The molecule has 1 aliphatic rings. The lowest BCUT2D eigenvalue weighted by atomic mass is 10.1. The van der Waals surface area contributed by atoms with Crippen LogP contribution in [0.15, 0.2) is 38.9 Å². The average molecular weight is 413 g/mol. The largest absolute Gasteiger partial charge is 0.334 e. The quantitative estimate of drug-likeness (QED) is 0.495. The van der Waals surface area contributed by atoms with Gasteiger partial charge in [-0.3, -0.25) is 13.9 Å². The van der Waals surface area contributed by atoms with E-state index in [-0.39, 0.29) is 11.2 Å². The molecule has 1 N–H and O–H groups in total. The third-order valence-corrected chi connectivity index (χ3v) is 6.56. The second-order valence-corrected chi connectivity index (χ2v) is 8.76. The number of nitrogens with one attached hydrogen (secondary N) is 1. The van der Waals surface area contributed by atoms with Crippen LogP contribution >= 0.6 is 11.8 Å². The van der Waals surface area contributed by atoms with Crippen molar-refractivity contribution in [3.05, 3.63) is 50.7 Å². The molecular formula is C21H26N5O2S+. The summed E-state index contributed by atoms with van der Waals surface area (Å²) in [4.78, 5) is 36.3. The maximum atomic E-state index is 12.9. The maximum absolute atomic E-state index is 12.9. The lowest BCUT2D eigenvalue weighted by Gasteiger charge is -2.14. The summed E-state index contributed by atoms with van der Waals surface area (Å²) in [5, 5.41) is 1.08. The number of aryl methyl sites for hydroxylation is 2. The zero-order valence-corrected chi connectivity index (χ0v) is 17.9. The molecule has 1 aliphatic heterocycles. The predicted octanol–water partition coefficient (Wildman–Crippen LogP) is 0.773. The molecule has 152 valence electrons. The van der Waals surface area contributed by atoms with E-state index in [4.69, 9.17) is 4.98 Å². The van der Waals surface area contributed by atoms with Crippen molar-refractivity contribution >= 4 is 22.8 Å². The van der Waals surface area contributed by atoms with Crippen molar-refractivity contribution in [2.45, 2.75) is 24.8 Å². The first-order chi connectivity index (χ1) is 14.0. The standard InChI is InChI=1S/C21H25N5O2S/c1-14-6-8-15(9-7-14)17-22-18-16(20(27)25(3)21(28)24(18)2)19(23-17)29-13-12-26-10-4-5-11-26/h6-9H,4-5,10-13H2,1-3H3/p+1. The molecule has 1 saturated heterocycles. The highest BCUT2D eigenvalue weighted by atomic mass is 32.2. The number of quaternary nitrogens is 1. The number of benzene rings is 1. The zero-order chi connectivity index (χ0) is 20.5. The fourth-order valence-electron chi connectivity index (χ4n) is 3.78. The van der Waals surface area contributed by atoms with Gasteiger partial charge in [-0.25, -0.2) is 14.8 Å². The van der Waals surface area contributed by atoms with Gasteiger partial charge in [-0.1, -0.05) is 41.6 Å². The average Bonchev–Trinajstić information content (AvgIpc) is 3.24. The Balaban J connectivity index is 1.82. The molecule has 3 aromatic rings. The summed E-state index contributed by atoms with van der Waals surface area (Å²) in [7, 11) is 3.15. The number of hydrogen-bond donors (Lipinski definition) is 1. The van der Waals surface area contributed by atoms with Gasteiger partial charge in [0.1, 0.15) is 10.4 Å². The molecule has 4 rings (SSSR count). The number of thioether (sulfide) groups is 1. The Bertz CT molecular complexity index is 1160. The van der Waals surface area contributed by atoms with Crippen LogP contribution in [0.5, 0.6) is 0 Å². The Morgan fingerprint density at radius 2 is 1.72 bits per heavy atom. The van der Waals surface area contributed by atoms with Crippen LogP contribution in [0, 0.1) is 6.92 Å². The topological polar surface area (TPSA) is 74.2 Å². The van der Waals surface area contributed by atoms with Crippen molar-refractivity contribution in [2.24, 2.45) is 14.1 Å². The second kappa shape index (κ2) is 8.12. The van der Waals surface area contributed by atoms with Gasteiger partial charge in [0.2, 0.25) is 0 Å². The Labute approximate surface area is 173 Å². The van der Waals surface area contributed by atoms with Crippen molar-refractivity contribution in [3.8, 4) is 11.4 Å². The normalized spacial score (nSPS) is 14.7. The lowest BCUT2D eigenvalue weighted by molar-refractivity contribution is -0.884. The van der Waals surface area contributed by atoms with Crippen LogP contribution in [0.1, 0.15) is 18.4 Å². The van der Waals surface area contributed by atoms with E-state index in [0.717, 1.165) is 28.0 Å². The van der Waals surface area contributed by atoms with Gasteiger partial charge in [0.15, 0.2) is 11.5 Å². The fraction of sp³-hybridized carbons (Fsp3) is 0.429. The third-order valence-electron chi connectivity index (χ3n) is 5.58. The lowest BCUT2D eigenvalue weighted by Crippen LogP contribution is -3.10. The molecular weight excluding hydrogens is 386 g/mol. The summed E-state index contributed by atoms with van der Waals surface area (Å²) in [5.74, 6) is 1.41. The summed E-state index contributed by atoms with van der Waals surface area (Å²) >= 11 is 1.59. The Hall–Kier alpha value is -2.45. The molecule has 0 unspecified atom stereocenters. The molecule has 0 radical (unpaired) electrons. The molecule has 0 amide bonds. The van der Waals surface area contributed by atoms with Crippen molar-refractivity contribution < 1.29 is 4.90 Å². The van der Waals surface area contributed by atoms with Crippen molar-refractivity contribution in [1.82, 2.24) is 19.1 Å². The molecule has 1 fully saturated rings. The first kappa shape index (κ1) is 19.8. The number of rotatable bonds is 5. The zero-order valence-electron chi connectivity index (χ0n) is 17.1. The monoisotopic (exact) mass is 412 g/mol. The minimum Gasteiger partial charge on any atom is -0.334 e. The second-order valence-electron chi connectivity index (χ2n) is 7.68. The van der Waals surface area contributed by atoms with E-state index < -0.39 is 0 Å². The minimum absolute atomic E-state index is 0.338. The highest BCUT2D eigenvalue weighted by Crippen LogP contribution is 2.25. The predicted molar refractivity (Wildman–Crippen MR) is 116 cm³/mol. The molecule has 7 nitrogen and oxygen atoms in total. The number of fused-ring (bicyclic) bond motifs is 1. The van der Waals surface area contributed by atoms with E-state index in [0.29, 0.717) is 21.9 Å². The van der Waals surface area contributed by atoms with E-state index >= 15 is 0 Å². The molecule has 3 heterocycles. The van der Waals surface area contributed by atoms with Gasteiger partial charge in [0.25, 0.3) is 5.56 Å². The molecule has 0 bridgehead atoms. The van der Waals surface area contributed by atoms with E-state index in [1.165, 1.54) is 37.5 Å². The van der Waals surface area contributed by atoms with Crippen LogP contribution in [-0.4, -0.2) is 44.5 Å². The van der Waals surface area contributed by atoms with Gasteiger partial charge in [0, 0.05) is 38.3 Å². The summed E-state index contributed by atoms with van der Waals surface area (Å²) in [5.41, 5.74) is 1.69. The van der Waals surface area contributed by atoms with Crippen molar-refractivity contribution in [3.63, 3.8) is 0 Å². The van der Waals surface area contributed by atoms with Crippen molar-refractivity contribution in [1.29, 1.82) is 0 Å². The van der Waals surface area contributed by atoms with E-state index in [1.807, 2.05) is 31.2 Å². The summed E-state index contributed by atoms with van der Waals surface area (Å²) in [6, 6.07) is 7.96. The highest BCUT2D eigenvalue weighted by Gasteiger charge is 2.20. The van der Waals surface area contributed by atoms with E-state index in [9.17, 15) is 9.59 Å². The fourth-order valence-corrected chi connectivity index (χ4v) is 4.84. The molecule has 29 heavy (non-hydrogen) atoms. The Kier molecular flexibility index (Phi) is 5.56.